The number of anilines is 1. The second kappa shape index (κ2) is 9.08. The molecule has 0 N–H and O–H groups in total. The Labute approximate surface area is 184 Å². The molecular formula is C19H15Cl3F4N2O2. The zero-order chi connectivity index (χ0) is 22.2. The van der Waals surface area contributed by atoms with E-state index in [9.17, 15) is 22.4 Å². The van der Waals surface area contributed by atoms with Gasteiger partial charge in [0.2, 0.25) is 0 Å². The molecule has 0 unspecified atom stereocenters. The van der Waals surface area contributed by atoms with Crippen LogP contribution >= 0.6 is 34.8 Å². The summed E-state index contributed by atoms with van der Waals surface area (Å²) in [6.07, 6.45) is -0.894. The van der Waals surface area contributed by atoms with Crippen molar-refractivity contribution in [1.82, 2.24) is 4.90 Å². The van der Waals surface area contributed by atoms with E-state index in [4.69, 9.17) is 39.5 Å². The van der Waals surface area contributed by atoms with Gasteiger partial charge in [0, 0.05) is 31.2 Å². The van der Waals surface area contributed by atoms with Crippen molar-refractivity contribution in [2.24, 2.45) is 0 Å². The van der Waals surface area contributed by atoms with Crippen molar-refractivity contribution in [2.45, 2.75) is 13.0 Å². The summed E-state index contributed by atoms with van der Waals surface area (Å²) in [6.45, 7) is 1.56. The second-order valence-corrected chi connectivity index (χ2v) is 7.79. The van der Waals surface area contributed by atoms with Gasteiger partial charge in [0.1, 0.15) is 16.5 Å². The average molecular weight is 486 g/mol. The highest BCUT2D eigenvalue weighted by Crippen LogP contribution is 2.34. The Hall–Kier alpha value is -1.90. The number of piperazine rings is 1. The van der Waals surface area contributed by atoms with Gasteiger partial charge in [0.15, 0.2) is 29.4 Å². The van der Waals surface area contributed by atoms with E-state index >= 15 is 0 Å². The number of carbonyl (C=O) groups excluding carboxylic acids is 1. The number of ether oxygens (including phenoxy) is 1. The van der Waals surface area contributed by atoms with Crippen LogP contribution in [-0.4, -0.2) is 43.1 Å². The van der Waals surface area contributed by atoms with E-state index < -0.39 is 40.1 Å². The van der Waals surface area contributed by atoms with Crippen LogP contribution in [0, 0.1) is 23.3 Å². The quantitative estimate of drug-likeness (QED) is 0.334. The fourth-order valence-electron chi connectivity index (χ4n) is 3.09. The molecule has 0 bridgehead atoms. The summed E-state index contributed by atoms with van der Waals surface area (Å²) < 4.78 is 61.3. The van der Waals surface area contributed by atoms with Gasteiger partial charge in [0.25, 0.3) is 5.91 Å². The van der Waals surface area contributed by atoms with E-state index in [2.05, 4.69) is 0 Å². The number of hydrogen-bond acceptors (Lipinski definition) is 3. The van der Waals surface area contributed by atoms with Crippen molar-refractivity contribution in [3.63, 3.8) is 0 Å². The molecule has 162 valence electrons. The van der Waals surface area contributed by atoms with Crippen LogP contribution in [0.2, 0.25) is 15.1 Å². The molecule has 11 heteroatoms. The van der Waals surface area contributed by atoms with Crippen LogP contribution in [0.5, 0.6) is 5.75 Å². The monoisotopic (exact) mass is 484 g/mol. The topological polar surface area (TPSA) is 32.8 Å². The Morgan fingerprint density at radius 3 is 2.07 bits per heavy atom. The van der Waals surface area contributed by atoms with Crippen molar-refractivity contribution in [3.05, 3.63) is 56.5 Å². The number of rotatable bonds is 4. The molecule has 0 radical (unpaired) electrons. The molecule has 1 fully saturated rings. The maximum atomic E-state index is 14.2. The third-order valence-electron chi connectivity index (χ3n) is 4.64. The number of benzene rings is 2. The molecule has 0 saturated carbocycles. The Kier molecular flexibility index (Phi) is 6.89. The lowest BCUT2D eigenvalue weighted by Crippen LogP contribution is -2.52. The predicted octanol–water partition coefficient (Wildman–Crippen LogP) is 5.32. The lowest BCUT2D eigenvalue weighted by atomic mass is 10.2. The number of carbonyl (C=O) groups is 1. The molecule has 4 nitrogen and oxygen atoms in total. The lowest BCUT2D eigenvalue weighted by Gasteiger charge is -2.37. The summed E-state index contributed by atoms with van der Waals surface area (Å²) in [6, 6.07) is 4.57. The molecule has 1 heterocycles. The van der Waals surface area contributed by atoms with Crippen LogP contribution in [0.25, 0.3) is 0 Å². The first-order valence-corrected chi connectivity index (χ1v) is 9.92. The third kappa shape index (κ3) is 4.40. The Bertz CT molecular complexity index is 956. The van der Waals surface area contributed by atoms with Crippen molar-refractivity contribution in [2.75, 3.05) is 31.1 Å². The summed E-state index contributed by atoms with van der Waals surface area (Å²) >= 11 is 17.1. The maximum absolute atomic E-state index is 14.2. The standard InChI is InChI=1S/C19H15Cl3F4N2O2/c1-9(30-12-3-2-10(20)8-11(12)21)19(29)28-6-4-27(5-7-28)18-16(25)14(23)13(22)15(24)17(18)26/h2-3,8-9H,4-7H2,1H3/t9-/m0/s1. The minimum Gasteiger partial charge on any atom is -0.479 e. The molecule has 0 aromatic heterocycles. The summed E-state index contributed by atoms with van der Waals surface area (Å²) in [4.78, 5) is 15.2. The fourth-order valence-corrected chi connectivity index (χ4v) is 3.71. The van der Waals surface area contributed by atoms with Gasteiger partial charge in [-0.3, -0.25) is 4.79 Å². The highest BCUT2D eigenvalue weighted by molar-refractivity contribution is 6.35. The summed E-state index contributed by atoms with van der Waals surface area (Å²) in [5.41, 5.74) is -0.848. The number of halogens is 7. The van der Waals surface area contributed by atoms with Crippen molar-refractivity contribution in [1.29, 1.82) is 0 Å². The molecule has 1 atom stereocenters. The number of hydrogen-bond donors (Lipinski definition) is 0. The summed E-state index contributed by atoms with van der Waals surface area (Å²) in [5.74, 6) is -6.58. The number of amides is 1. The molecule has 1 saturated heterocycles. The highest BCUT2D eigenvalue weighted by atomic mass is 35.5. The van der Waals surface area contributed by atoms with E-state index in [0.717, 1.165) is 4.90 Å². The van der Waals surface area contributed by atoms with Gasteiger partial charge in [-0.1, -0.05) is 34.8 Å². The maximum Gasteiger partial charge on any atom is 0.263 e. The number of nitrogens with zero attached hydrogens (tertiary/aromatic N) is 2. The van der Waals surface area contributed by atoms with Gasteiger partial charge in [-0.15, -0.1) is 0 Å². The molecule has 1 amide bonds. The van der Waals surface area contributed by atoms with Crippen LogP contribution in [0.1, 0.15) is 6.92 Å². The van der Waals surface area contributed by atoms with Crippen LogP contribution in [0.15, 0.2) is 18.2 Å². The minimum atomic E-state index is -1.66. The van der Waals surface area contributed by atoms with Gasteiger partial charge in [-0.2, -0.15) is 0 Å². The van der Waals surface area contributed by atoms with Gasteiger partial charge in [-0.05, 0) is 25.1 Å². The molecule has 1 aliphatic rings. The van der Waals surface area contributed by atoms with Gasteiger partial charge < -0.3 is 14.5 Å². The molecule has 2 aromatic rings. The first kappa shape index (κ1) is 22.8. The third-order valence-corrected chi connectivity index (χ3v) is 5.50. The van der Waals surface area contributed by atoms with E-state index in [1.54, 1.807) is 6.07 Å². The largest absolute Gasteiger partial charge is 0.479 e. The minimum absolute atomic E-state index is 0.0471. The Balaban J connectivity index is 1.68. The van der Waals surface area contributed by atoms with E-state index in [0.29, 0.717) is 5.02 Å². The van der Waals surface area contributed by atoms with Gasteiger partial charge in [0.05, 0.1) is 5.02 Å². The normalized spacial score (nSPS) is 15.3. The first-order valence-electron chi connectivity index (χ1n) is 8.78. The van der Waals surface area contributed by atoms with Crippen molar-refractivity contribution < 1.29 is 27.1 Å². The first-order chi connectivity index (χ1) is 14.1. The zero-order valence-electron chi connectivity index (χ0n) is 15.5. The Morgan fingerprint density at radius 1 is 0.967 bits per heavy atom. The van der Waals surface area contributed by atoms with Crippen molar-refractivity contribution in [3.8, 4) is 5.75 Å². The smallest absolute Gasteiger partial charge is 0.263 e. The predicted molar refractivity (Wildman–Crippen MR) is 107 cm³/mol. The highest BCUT2D eigenvalue weighted by Gasteiger charge is 2.32. The second-order valence-electron chi connectivity index (χ2n) is 6.57. The summed E-state index contributed by atoms with van der Waals surface area (Å²) in [5, 5.41) is -0.587. The molecular weight excluding hydrogens is 471 g/mol. The van der Waals surface area contributed by atoms with Crippen LogP contribution in [0.3, 0.4) is 0 Å². The molecule has 1 aliphatic heterocycles. The Morgan fingerprint density at radius 2 is 1.53 bits per heavy atom. The van der Waals surface area contributed by atoms with Gasteiger partial charge >= 0.3 is 0 Å². The van der Waals surface area contributed by atoms with Crippen molar-refractivity contribution >= 4 is 46.4 Å². The summed E-state index contributed by atoms with van der Waals surface area (Å²) in [7, 11) is 0. The SMILES string of the molecule is C[C@H](Oc1ccc(Cl)cc1Cl)C(=O)N1CCN(c2c(F)c(F)c(Cl)c(F)c2F)CC1. The van der Waals surface area contributed by atoms with Crippen LogP contribution in [0.4, 0.5) is 23.2 Å². The van der Waals surface area contributed by atoms with E-state index in [1.807, 2.05) is 0 Å². The van der Waals surface area contributed by atoms with Gasteiger partial charge in [-0.25, -0.2) is 17.6 Å². The molecule has 0 aliphatic carbocycles. The fraction of sp³-hybridized carbons (Fsp3) is 0.316. The van der Waals surface area contributed by atoms with E-state index in [-0.39, 0.29) is 42.9 Å². The van der Waals surface area contributed by atoms with Crippen LogP contribution < -0.4 is 9.64 Å². The average Bonchev–Trinajstić information content (AvgIpc) is 2.73. The molecule has 30 heavy (non-hydrogen) atoms. The zero-order valence-corrected chi connectivity index (χ0v) is 17.8. The lowest BCUT2D eigenvalue weighted by molar-refractivity contribution is -0.138. The van der Waals surface area contributed by atoms with E-state index in [1.165, 1.54) is 24.0 Å². The molecule has 0 spiro atoms. The molecule has 3 rings (SSSR count). The van der Waals surface area contributed by atoms with Crippen LogP contribution in [-0.2, 0) is 4.79 Å². The molecule has 2 aromatic carbocycles.